The zero-order valence-corrected chi connectivity index (χ0v) is 7.64. The zero-order valence-electron chi connectivity index (χ0n) is 6.82. The highest BCUT2D eigenvalue weighted by molar-refractivity contribution is 7.90. The number of hydrogen-bond donors (Lipinski definition) is 1. The van der Waals surface area contributed by atoms with Gasteiger partial charge in [0.1, 0.15) is 5.25 Å². The summed E-state index contributed by atoms with van der Waals surface area (Å²) in [6.45, 7) is 0.943. The fourth-order valence-corrected chi connectivity index (χ4v) is 2.86. The molecule has 1 saturated carbocycles. The van der Waals surface area contributed by atoms with Crippen LogP contribution >= 0.6 is 0 Å². The van der Waals surface area contributed by atoms with E-state index in [2.05, 4.69) is 4.72 Å². The van der Waals surface area contributed by atoms with E-state index in [1.54, 1.807) is 0 Å². The average molecular weight is 191 g/mol. The van der Waals surface area contributed by atoms with Crippen molar-refractivity contribution in [3.63, 3.8) is 0 Å². The molecule has 0 spiro atoms. The summed E-state index contributed by atoms with van der Waals surface area (Å²) in [4.78, 5) is 0. The van der Waals surface area contributed by atoms with Gasteiger partial charge in [-0.05, 0) is 19.3 Å². The Morgan fingerprint density at radius 2 is 2.00 bits per heavy atom. The van der Waals surface area contributed by atoms with Gasteiger partial charge in [0.2, 0.25) is 10.0 Å². The lowest BCUT2D eigenvalue weighted by atomic mass is 10.4. The van der Waals surface area contributed by atoms with E-state index in [9.17, 15) is 8.42 Å². The smallest absolute Gasteiger partial charge is 0.217 e. The van der Waals surface area contributed by atoms with Crippen molar-refractivity contribution in [3.05, 3.63) is 0 Å². The molecule has 0 aromatic heterocycles. The van der Waals surface area contributed by atoms with E-state index in [0.717, 1.165) is 12.8 Å². The van der Waals surface area contributed by atoms with Crippen molar-refractivity contribution >= 4 is 10.0 Å². The number of sulfonamides is 1. The predicted molar refractivity (Wildman–Crippen MR) is 44.3 cm³/mol. The van der Waals surface area contributed by atoms with Crippen LogP contribution < -0.4 is 4.72 Å². The van der Waals surface area contributed by atoms with Crippen LogP contribution in [-0.2, 0) is 14.8 Å². The third kappa shape index (κ3) is 1.78. The van der Waals surface area contributed by atoms with Crippen molar-refractivity contribution in [2.24, 2.45) is 0 Å². The fourth-order valence-electron chi connectivity index (χ4n) is 1.29. The standard InChI is InChI=1S/C7H13NO3S/c9-12(10,8-6-1-2-6)7-3-4-11-5-7/h6-8H,1-5H2. The highest BCUT2D eigenvalue weighted by Crippen LogP contribution is 2.22. The van der Waals surface area contributed by atoms with E-state index < -0.39 is 10.0 Å². The molecule has 70 valence electrons. The Labute approximate surface area is 72.3 Å². The Kier molecular flexibility index (Phi) is 2.10. The molecule has 1 N–H and O–H groups in total. The normalized spacial score (nSPS) is 30.8. The van der Waals surface area contributed by atoms with Crippen molar-refractivity contribution in [3.8, 4) is 0 Å². The molecular formula is C7H13NO3S. The molecular weight excluding hydrogens is 178 g/mol. The summed E-state index contributed by atoms with van der Waals surface area (Å²) in [7, 11) is -3.07. The third-order valence-electron chi connectivity index (χ3n) is 2.24. The van der Waals surface area contributed by atoms with Crippen molar-refractivity contribution in [1.29, 1.82) is 0 Å². The summed E-state index contributed by atoms with van der Waals surface area (Å²) in [6.07, 6.45) is 2.63. The molecule has 1 unspecified atom stereocenters. The number of rotatable bonds is 3. The molecule has 2 fully saturated rings. The molecule has 0 radical (unpaired) electrons. The van der Waals surface area contributed by atoms with Gasteiger partial charge < -0.3 is 4.74 Å². The van der Waals surface area contributed by atoms with Crippen molar-refractivity contribution in [2.45, 2.75) is 30.6 Å². The lowest BCUT2D eigenvalue weighted by Gasteiger charge is -2.09. The maximum Gasteiger partial charge on any atom is 0.217 e. The first-order chi connectivity index (χ1) is 5.68. The van der Waals surface area contributed by atoms with Crippen LogP contribution in [0.15, 0.2) is 0 Å². The molecule has 0 aromatic carbocycles. The Bertz CT molecular complexity index is 252. The number of ether oxygens (including phenoxy) is 1. The molecule has 1 saturated heterocycles. The third-order valence-corrected chi connectivity index (χ3v) is 4.15. The molecule has 0 amide bonds. The molecule has 12 heavy (non-hydrogen) atoms. The second kappa shape index (κ2) is 2.97. The number of hydrogen-bond acceptors (Lipinski definition) is 3. The Hall–Kier alpha value is -0.130. The minimum atomic E-state index is -3.07. The monoisotopic (exact) mass is 191 g/mol. The average Bonchev–Trinajstić information content (AvgIpc) is 2.67. The first kappa shape index (κ1) is 8.47. The molecule has 2 rings (SSSR count). The first-order valence-corrected chi connectivity index (χ1v) is 5.82. The van der Waals surface area contributed by atoms with E-state index in [4.69, 9.17) is 4.74 Å². The molecule has 1 aliphatic heterocycles. The lowest BCUT2D eigenvalue weighted by Crippen LogP contribution is -2.35. The molecule has 0 bridgehead atoms. The second-order valence-electron chi connectivity index (χ2n) is 3.42. The quantitative estimate of drug-likeness (QED) is 0.675. The maximum atomic E-state index is 11.5. The molecule has 2 aliphatic rings. The van der Waals surface area contributed by atoms with E-state index in [1.165, 1.54) is 0 Å². The topological polar surface area (TPSA) is 55.4 Å². The Morgan fingerprint density at radius 3 is 2.50 bits per heavy atom. The highest BCUT2D eigenvalue weighted by Gasteiger charge is 2.34. The lowest BCUT2D eigenvalue weighted by molar-refractivity contribution is 0.198. The highest BCUT2D eigenvalue weighted by atomic mass is 32.2. The minimum Gasteiger partial charge on any atom is -0.380 e. The molecule has 0 aromatic rings. The van der Waals surface area contributed by atoms with Crippen molar-refractivity contribution < 1.29 is 13.2 Å². The van der Waals surface area contributed by atoms with Crippen molar-refractivity contribution in [1.82, 2.24) is 4.72 Å². The van der Waals surface area contributed by atoms with Gasteiger partial charge in [0, 0.05) is 12.6 Å². The summed E-state index contributed by atoms with van der Waals surface area (Å²) in [6, 6.07) is 0.218. The van der Waals surface area contributed by atoms with Crippen LogP contribution in [0, 0.1) is 0 Å². The molecule has 4 nitrogen and oxygen atoms in total. The SMILES string of the molecule is O=S(=O)(NC1CC1)C1CCOC1. The summed E-state index contributed by atoms with van der Waals surface area (Å²) >= 11 is 0. The molecule has 1 aliphatic carbocycles. The Balaban J connectivity index is 1.97. The molecule has 1 heterocycles. The van der Waals surface area contributed by atoms with Gasteiger partial charge >= 0.3 is 0 Å². The van der Waals surface area contributed by atoms with Crippen molar-refractivity contribution in [2.75, 3.05) is 13.2 Å². The Morgan fingerprint density at radius 1 is 1.25 bits per heavy atom. The minimum absolute atomic E-state index is 0.218. The zero-order chi connectivity index (χ0) is 8.60. The van der Waals surface area contributed by atoms with Crippen LogP contribution in [0.5, 0.6) is 0 Å². The summed E-state index contributed by atoms with van der Waals surface area (Å²) in [5.41, 5.74) is 0. The first-order valence-electron chi connectivity index (χ1n) is 4.27. The van der Waals surface area contributed by atoms with Crippen LogP contribution in [0.2, 0.25) is 0 Å². The summed E-state index contributed by atoms with van der Waals surface area (Å²) < 4.78 is 30.7. The van der Waals surface area contributed by atoms with Gasteiger partial charge in [-0.15, -0.1) is 0 Å². The van der Waals surface area contributed by atoms with E-state index in [-0.39, 0.29) is 11.3 Å². The van der Waals surface area contributed by atoms with Gasteiger partial charge in [-0.3, -0.25) is 0 Å². The van der Waals surface area contributed by atoms with E-state index in [0.29, 0.717) is 19.6 Å². The molecule has 1 atom stereocenters. The van der Waals surface area contributed by atoms with Gasteiger partial charge in [-0.2, -0.15) is 0 Å². The predicted octanol–water partition coefficient (Wildman–Crippen LogP) is -0.143. The summed E-state index contributed by atoms with van der Waals surface area (Å²) in [5.74, 6) is 0. The van der Waals surface area contributed by atoms with E-state index >= 15 is 0 Å². The van der Waals surface area contributed by atoms with Crippen LogP contribution in [0.3, 0.4) is 0 Å². The largest absolute Gasteiger partial charge is 0.380 e. The maximum absolute atomic E-state index is 11.5. The van der Waals surface area contributed by atoms with Gasteiger partial charge in [0.05, 0.1) is 6.61 Å². The number of nitrogens with one attached hydrogen (secondary N) is 1. The van der Waals surface area contributed by atoms with Crippen LogP contribution in [-0.4, -0.2) is 32.9 Å². The van der Waals surface area contributed by atoms with Crippen LogP contribution in [0.4, 0.5) is 0 Å². The van der Waals surface area contributed by atoms with Crippen LogP contribution in [0.25, 0.3) is 0 Å². The van der Waals surface area contributed by atoms with Gasteiger partial charge in [0.15, 0.2) is 0 Å². The van der Waals surface area contributed by atoms with Gasteiger partial charge in [0.25, 0.3) is 0 Å². The second-order valence-corrected chi connectivity index (χ2v) is 5.42. The summed E-state index contributed by atoms with van der Waals surface area (Å²) in [5, 5.41) is -0.307. The van der Waals surface area contributed by atoms with Gasteiger partial charge in [-0.25, -0.2) is 13.1 Å². The fraction of sp³-hybridized carbons (Fsp3) is 1.00. The van der Waals surface area contributed by atoms with E-state index in [1.807, 2.05) is 0 Å². The van der Waals surface area contributed by atoms with Gasteiger partial charge in [-0.1, -0.05) is 0 Å². The van der Waals surface area contributed by atoms with Crippen LogP contribution in [0.1, 0.15) is 19.3 Å². The molecule has 5 heteroatoms.